The van der Waals surface area contributed by atoms with Gasteiger partial charge in [0.05, 0.1) is 24.6 Å². The van der Waals surface area contributed by atoms with Crippen LogP contribution in [0.5, 0.6) is 0 Å². The molecule has 4 aromatic rings. The SMILES string of the molecule is CCCC1CCCCC(O)C1O.Cc1nc(-c2cccc(-c3cnn(C)c3)c2)ncc1-c1cnn(C)c1. The molecule has 1 aliphatic carbocycles. The number of aliphatic hydroxyl groups is 2. The van der Waals surface area contributed by atoms with Crippen molar-refractivity contribution in [2.45, 2.75) is 64.6 Å². The highest BCUT2D eigenvalue weighted by Gasteiger charge is 2.27. The van der Waals surface area contributed by atoms with Crippen LogP contribution in [0, 0.1) is 12.8 Å². The van der Waals surface area contributed by atoms with Crippen LogP contribution in [0.15, 0.2) is 55.2 Å². The van der Waals surface area contributed by atoms with Crippen LogP contribution in [0.2, 0.25) is 0 Å². The summed E-state index contributed by atoms with van der Waals surface area (Å²) < 4.78 is 3.57. The number of aromatic nitrogens is 6. The third kappa shape index (κ3) is 6.70. The largest absolute Gasteiger partial charge is 0.390 e. The predicted octanol–water partition coefficient (Wildman–Crippen LogP) is 4.95. The molecular weight excluding hydrogens is 464 g/mol. The number of rotatable bonds is 5. The molecule has 0 bridgehead atoms. The number of nitrogens with zero attached hydrogens (tertiary/aromatic N) is 6. The van der Waals surface area contributed by atoms with E-state index >= 15 is 0 Å². The lowest BCUT2D eigenvalue weighted by Gasteiger charge is -2.23. The maximum absolute atomic E-state index is 9.70. The fourth-order valence-corrected chi connectivity index (χ4v) is 4.96. The standard InChI is InChI=1S/C19H18N6.C10H20O2/c1-13-18(17-9-22-25(3)12-17)10-20-19(23-13)15-6-4-5-14(7-15)16-8-21-24(2)11-16;1-2-5-8-6-3-4-7-9(11)10(8)12/h4-12H,1-3H3;8-12H,2-7H2,1H3. The van der Waals surface area contributed by atoms with Gasteiger partial charge in [-0.15, -0.1) is 0 Å². The molecule has 1 saturated carbocycles. The van der Waals surface area contributed by atoms with E-state index in [1.807, 2.05) is 64.1 Å². The van der Waals surface area contributed by atoms with Crippen LogP contribution < -0.4 is 0 Å². The fraction of sp³-hybridized carbons (Fsp3) is 0.448. The van der Waals surface area contributed by atoms with Gasteiger partial charge in [-0.1, -0.05) is 44.4 Å². The van der Waals surface area contributed by atoms with Gasteiger partial charge in [0.2, 0.25) is 0 Å². The van der Waals surface area contributed by atoms with Crippen molar-refractivity contribution >= 4 is 0 Å². The van der Waals surface area contributed by atoms with Gasteiger partial charge in [0.25, 0.3) is 0 Å². The summed E-state index contributed by atoms with van der Waals surface area (Å²) in [6.07, 6.45) is 14.8. The summed E-state index contributed by atoms with van der Waals surface area (Å²) in [5, 5.41) is 27.7. The van der Waals surface area contributed by atoms with Crippen molar-refractivity contribution in [3.05, 3.63) is 60.9 Å². The Morgan fingerprint density at radius 3 is 2.22 bits per heavy atom. The van der Waals surface area contributed by atoms with Gasteiger partial charge in [0, 0.05) is 60.6 Å². The summed E-state index contributed by atoms with van der Waals surface area (Å²) in [5.41, 5.74) is 6.12. The molecule has 1 fully saturated rings. The van der Waals surface area contributed by atoms with Crippen LogP contribution in [-0.2, 0) is 14.1 Å². The van der Waals surface area contributed by atoms with Crippen LogP contribution in [0.4, 0.5) is 0 Å². The fourth-order valence-electron chi connectivity index (χ4n) is 4.96. The first kappa shape index (κ1) is 26.7. The van der Waals surface area contributed by atoms with E-state index in [0.717, 1.165) is 71.4 Å². The second kappa shape index (κ2) is 12.3. The van der Waals surface area contributed by atoms with E-state index in [2.05, 4.69) is 34.2 Å². The lowest BCUT2D eigenvalue weighted by molar-refractivity contribution is -0.0170. The highest BCUT2D eigenvalue weighted by molar-refractivity contribution is 5.70. The molecule has 1 aliphatic rings. The van der Waals surface area contributed by atoms with Gasteiger partial charge in [0.1, 0.15) is 0 Å². The van der Waals surface area contributed by atoms with Gasteiger partial charge in [0.15, 0.2) is 5.82 Å². The number of aryl methyl sites for hydroxylation is 3. The molecule has 37 heavy (non-hydrogen) atoms. The van der Waals surface area contributed by atoms with Crippen molar-refractivity contribution in [1.82, 2.24) is 29.5 Å². The van der Waals surface area contributed by atoms with E-state index < -0.39 is 12.2 Å². The average molecular weight is 503 g/mol. The zero-order valence-electron chi connectivity index (χ0n) is 22.2. The molecule has 1 aromatic carbocycles. The lowest BCUT2D eigenvalue weighted by Crippen LogP contribution is -2.31. The lowest BCUT2D eigenvalue weighted by atomic mass is 9.92. The molecule has 8 nitrogen and oxygen atoms in total. The summed E-state index contributed by atoms with van der Waals surface area (Å²) in [6.45, 7) is 4.13. The summed E-state index contributed by atoms with van der Waals surface area (Å²) >= 11 is 0. The van der Waals surface area contributed by atoms with Gasteiger partial charge in [-0.25, -0.2) is 9.97 Å². The van der Waals surface area contributed by atoms with Crippen molar-refractivity contribution in [2.75, 3.05) is 0 Å². The molecule has 8 heteroatoms. The van der Waals surface area contributed by atoms with Gasteiger partial charge >= 0.3 is 0 Å². The van der Waals surface area contributed by atoms with E-state index in [1.165, 1.54) is 6.42 Å². The van der Waals surface area contributed by atoms with Crippen molar-refractivity contribution in [3.8, 4) is 33.6 Å². The van der Waals surface area contributed by atoms with Crippen LogP contribution in [0.3, 0.4) is 0 Å². The number of hydrogen-bond acceptors (Lipinski definition) is 6. The third-order valence-electron chi connectivity index (χ3n) is 7.02. The third-order valence-corrected chi connectivity index (χ3v) is 7.02. The monoisotopic (exact) mass is 502 g/mol. The Bertz CT molecular complexity index is 1300. The Labute approximate surface area is 219 Å². The molecule has 0 amide bonds. The average Bonchev–Trinajstić information content (AvgIpc) is 3.50. The van der Waals surface area contributed by atoms with Crippen molar-refractivity contribution in [1.29, 1.82) is 0 Å². The minimum Gasteiger partial charge on any atom is -0.390 e. The Morgan fingerprint density at radius 2 is 1.57 bits per heavy atom. The predicted molar refractivity (Wildman–Crippen MR) is 145 cm³/mol. The number of benzene rings is 1. The molecule has 0 radical (unpaired) electrons. The van der Waals surface area contributed by atoms with E-state index in [9.17, 15) is 10.2 Å². The summed E-state index contributed by atoms with van der Waals surface area (Å²) in [4.78, 5) is 9.27. The molecule has 5 rings (SSSR count). The highest BCUT2D eigenvalue weighted by Crippen LogP contribution is 2.28. The normalized spacial score (nSPS) is 19.7. The van der Waals surface area contributed by atoms with Crippen LogP contribution in [0.25, 0.3) is 33.6 Å². The van der Waals surface area contributed by atoms with Crippen molar-refractivity contribution in [3.63, 3.8) is 0 Å². The van der Waals surface area contributed by atoms with Gasteiger partial charge in [-0.05, 0) is 43.7 Å². The van der Waals surface area contributed by atoms with Crippen molar-refractivity contribution in [2.24, 2.45) is 20.0 Å². The number of aliphatic hydroxyl groups excluding tert-OH is 2. The molecule has 2 N–H and O–H groups in total. The first-order valence-corrected chi connectivity index (χ1v) is 13.1. The maximum atomic E-state index is 9.70. The molecule has 0 saturated heterocycles. The van der Waals surface area contributed by atoms with Gasteiger partial charge in [-0.2, -0.15) is 10.2 Å². The second-order valence-corrected chi connectivity index (χ2v) is 9.97. The van der Waals surface area contributed by atoms with Crippen LogP contribution in [0.1, 0.15) is 51.1 Å². The van der Waals surface area contributed by atoms with Crippen molar-refractivity contribution < 1.29 is 10.2 Å². The maximum Gasteiger partial charge on any atom is 0.159 e. The highest BCUT2D eigenvalue weighted by atomic mass is 16.3. The summed E-state index contributed by atoms with van der Waals surface area (Å²) in [5.74, 6) is 1.06. The Morgan fingerprint density at radius 1 is 0.892 bits per heavy atom. The van der Waals surface area contributed by atoms with Crippen LogP contribution in [-0.4, -0.2) is 51.9 Å². The minimum absolute atomic E-state index is 0.340. The Kier molecular flexibility index (Phi) is 8.84. The Hall–Kier alpha value is -3.36. The van der Waals surface area contributed by atoms with E-state index in [-0.39, 0.29) is 0 Å². The second-order valence-electron chi connectivity index (χ2n) is 9.97. The molecule has 3 aromatic heterocycles. The summed E-state index contributed by atoms with van der Waals surface area (Å²) in [6, 6.07) is 8.21. The smallest absolute Gasteiger partial charge is 0.159 e. The summed E-state index contributed by atoms with van der Waals surface area (Å²) in [7, 11) is 3.81. The molecule has 3 atom stereocenters. The molecule has 196 valence electrons. The topological polar surface area (TPSA) is 102 Å². The minimum atomic E-state index is -0.468. The Balaban J connectivity index is 0.000000225. The van der Waals surface area contributed by atoms with Gasteiger partial charge < -0.3 is 10.2 Å². The van der Waals surface area contributed by atoms with Crippen LogP contribution >= 0.6 is 0 Å². The first-order chi connectivity index (χ1) is 17.9. The quantitative estimate of drug-likeness (QED) is 0.374. The zero-order chi connectivity index (χ0) is 26.4. The molecule has 0 aliphatic heterocycles. The number of hydrogen-bond donors (Lipinski definition) is 2. The molecule has 3 unspecified atom stereocenters. The van der Waals surface area contributed by atoms with E-state index in [4.69, 9.17) is 4.98 Å². The molecule has 0 spiro atoms. The molecular formula is C29H38N6O2. The molecule has 3 heterocycles. The van der Waals surface area contributed by atoms with Gasteiger partial charge in [-0.3, -0.25) is 9.36 Å². The first-order valence-electron chi connectivity index (χ1n) is 13.1. The zero-order valence-corrected chi connectivity index (χ0v) is 22.2. The van der Waals surface area contributed by atoms with E-state index in [0.29, 0.717) is 5.92 Å². The van der Waals surface area contributed by atoms with E-state index in [1.54, 1.807) is 9.36 Å².